The van der Waals surface area contributed by atoms with Gasteiger partial charge in [-0.3, -0.25) is 0 Å². The molecule has 3 nitrogen and oxygen atoms in total. The Labute approximate surface area is 182 Å². The van der Waals surface area contributed by atoms with E-state index in [1.807, 2.05) is 12.1 Å². The van der Waals surface area contributed by atoms with Crippen molar-refractivity contribution in [2.75, 3.05) is 0 Å². The molecule has 0 unspecified atom stereocenters. The van der Waals surface area contributed by atoms with Crippen LogP contribution in [0.15, 0.2) is 99.6 Å². The fourth-order valence-corrected chi connectivity index (χ4v) is 7.89. The van der Waals surface area contributed by atoms with Gasteiger partial charge < -0.3 is 0 Å². The summed E-state index contributed by atoms with van der Waals surface area (Å²) in [5.41, 5.74) is -4.52. The van der Waals surface area contributed by atoms with Gasteiger partial charge in [0.15, 0.2) is 0 Å². The largest absolute Gasteiger partial charge is 0.524 e. The maximum atomic E-state index is 13.4. The Morgan fingerprint density at radius 1 is 0.742 bits per heavy atom. The molecule has 3 aromatic rings. The summed E-state index contributed by atoms with van der Waals surface area (Å²) in [7, 11) is -9.11. The third-order valence-corrected chi connectivity index (χ3v) is 9.61. The fourth-order valence-electron chi connectivity index (χ4n) is 3.15. The Morgan fingerprint density at radius 3 is 1.61 bits per heavy atom. The zero-order valence-corrected chi connectivity index (χ0v) is 18.5. The molecule has 0 aliphatic rings. The summed E-state index contributed by atoms with van der Waals surface area (Å²) in [6, 6.07) is 23.4. The number of alkyl halides is 3. The molecule has 8 heteroatoms. The van der Waals surface area contributed by atoms with E-state index in [0.29, 0.717) is 14.7 Å². The predicted molar refractivity (Wildman–Crippen MR) is 116 cm³/mol. The Hall–Kier alpha value is -2.29. The van der Waals surface area contributed by atoms with Gasteiger partial charge in [-0.25, -0.2) is 0 Å². The van der Waals surface area contributed by atoms with E-state index in [1.165, 1.54) is 0 Å². The summed E-state index contributed by atoms with van der Waals surface area (Å²) in [5, 5.41) is 0. The number of hydrogen-bond donors (Lipinski definition) is 0. The highest BCUT2D eigenvalue weighted by Crippen LogP contribution is 2.70. The van der Waals surface area contributed by atoms with Crippen molar-refractivity contribution in [3.05, 3.63) is 90.5 Å². The van der Waals surface area contributed by atoms with Crippen molar-refractivity contribution >= 4 is 20.4 Å². The number of aryl methyl sites for hydroxylation is 1. The molecule has 166 valence electrons. The minimum Gasteiger partial charge on any atom is -0.200 e. The van der Waals surface area contributed by atoms with Crippen LogP contribution in [0.25, 0.3) is 0 Å². The van der Waals surface area contributed by atoms with Crippen molar-refractivity contribution in [2.45, 2.75) is 46.4 Å². The molecule has 0 fully saturated rings. The van der Waals surface area contributed by atoms with Crippen LogP contribution >= 0.6 is 10.3 Å². The molecule has 0 bridgehead atoms. The van der Waals surface area contributed by atoms with Crippen LogP contribution in [0.5, 0.6) is 0 Å². The van der Waals surface area contributed by atoms with E-state index in [2.05, 4.69) is 6.92 Å². The first-order chi connectivity index (χ1) is 14.7. The summed E-state index contributed by atoms with van der Waals surface area (Å²) in [4.78, 5) is 1.09. The van der Waals surface area contributed by atoms with Crippen LogP contribution in [-0.4, -0.2) is 13.9 Å². The van der Waals surface area contributed by atoms with E-state index in [0.717, 1.165) is 24.8 Å². The Bertz CT molecular complexity index is 1040. The van der Waals surface area contributed by atoms with E-state index in [1.54, 1.807) is 72.8 Å². The highest BCUT2D eigenvalue weighted by Gasteiger charge is 2.52. The van der Waals surface area contributed by atoms with Crippen LogP contribution in [0.1, 0.15) is 25.3 Å². The maximum absolute atomic E-state index is 13.4. The van der Waals surface area contributed by atoms with Gasteiger partial charge in [-0.15, -0.1) is 0 Å². The van der Waals surface area contributed by atoms with Crippen LogP contribution in [0.3, 0.4) is 0 Å². The molecule has 0 aliphatic carbocycles. The molecule has 0 amide bonds. The number of hydrogen-bond acceptors (Lipinski definition) is 3. The molecule has 0 radical (unpaired) electrons. The van der Waals surface area contributed by atoms with Gasteiger partial charge in [0.05, 0.1) is 0 Å². The van der Waals surface area contributed by atoms with E-state index < -0.39 is 25.9 Å². The first-order valence-electron chi connectivity index (χ1n) is 9.75. The van der Waals surface area contributed by atoms with Crippen molar-refractivity contribution in [1.29, 1.82) is 0 Å². The lowest BCUT2D eigenvalue weighted by molar-refractivity contribution is -0.0496. The molecule has 3 rings (SSSR count). The Kier molecular flexibility index (Phi) is 7.13. The zero-order valence-electron chi connectivity index (χ0n) is 16.9. The first-order valence-corrected chi connectivity index (χ1v) is 12.7. The Balaban J connectivity index is 2.28. The van der Waals surface area contributed by atoms with E-state index in [4.69, 9.17) is 3.63 Å². The van der Waals surface area contributed by atoms with Gasteiger partial charge in [-0.05, 0) is 65.1 Å². The molecular formula is C23H23F3O3S2. The van der Waals surface area contributed by atoms with Gasteiger partial charge in [-0.2, -0.15) is 25.2 Å². The van der Waals surface area contributed by atoms with Gasteiger partial charge in [0.25, 0.3) is 0 Å². The molecule has 3 aromatic carbocycles. The summed E-state index contributed by atoms with van der Waals surface area (Å²) < 4.78 is 70.0. The molecule has 0 aliphatic heterocycles. The molecule has 0 aromatic heterocycles. The smallest absolute Gasteiger partial charge is 0.200 e. The van der Waals surface area contributed by atoms with Crippen molar-refractivity contribution in [1.82, 2.24) is 0 Å². The minimum absolute atomic E-state index is 0.357. The second-order valence-electron chi connectivity index (χ2n) is 6.90. The SMILES string of the molecule is CCCCc1ccc(S(OS(=O)(=O)C(F)(F)F)(c2ccccc2)c2ccccc2)cc1. The standard InChI is InChI=1S/C23H23F3O3S2/c1-2-3-10-19-15-17-22(18-16-19)30(20-11-6-4-7-12-20,21-13-8-5-9-14-21)29-31(27,28)23(24,25)26/h4-9,11-18H,2-3,10H2,1H3. The molecular weight excluding hydrogens is 445 g/mol. The second-order valence-corrected chi connectivity index (χ2v) is 11.3. The number of rotatable bonds is 8. The number of halogens is 3. The second kappa shape index (κ2) is 9.46. The average Bonchev–Trinajstić information content (AvgIpc) is 2.77. The molecule has 0 N–H and O–H groups in total. The van der Waals surface area contributed by atoms with Gasteiger partial charge in [0, 0.05) is 14.7 Å². The van der Waals surface area contributed by atoms with Crippen LogP contribution in [-0.2, 0) is 20.2 Å². The van der Waals surface area contributed by atoms with Crippen molar-refractivity contribution < 1.29 is 25.2 Å². The molecule has 31 heavy (non-hydrogen) atoms. The zero-order chi connectivity index (χ0) is 22.5. The highest BCUT2D eigenvalue weighted by molar-refractivity contribution is 8.33. The highest BCUT2D eigenvalue weighted by atomic mass is 32.3. The summed E-state index contributed by atoms with van der Waals surface area (Å²) in [6.45, 7) is 2.07. The van der Waals surface area contributed by atoms with Crippen molar-refractivity contribution in [3.8, 4) is 0 Å². The summed E-state index contributed by atoms with van der Waals surface area (Å²) >= 11 is 0. The van der Waals surface area contributed by atoms with Crippen LogP contribution in [0, 0.1) is 0 Å². The van der Waals surface area contributed by atoms with Crippen LogP contribution < -0.4 is 0 Å². The summed E-state index contributed by atoms with van der Waals surface area (Å²) in [6.07, 6.45) is 2.82. The van der Waals surface area contributed by atoms with Gasteiger partial charge in [0.1, 0.15) is 0 Å². The minimum atomic E-state index is -5.89. The fraction of sp³-hybridized carbons (Fsp3) is 0.217. The monoisotopic (exact) mass is 468 g/mol. The van der Waals surface area contributed by atoms with Gasteiger partial charge >= 0.3 is 15.6 Å². The maximum Gasteiger partial charge on any atom is 0.524 e. The van der Waals surface area contributed by atoms with Crippen LogP contribution in [0.4, 0.5) is 13.2 Å². The van der Waals surface area contributed by atoms with Crippen LogP contribution in [0.2, 0.25) is 0 Å². The van der Waals surface area contributed by atoms with Gasteiger partial charge in [-0.1, -0.05) is 61.9 Å². The predicted octanol–water partition coefficient (Wildman–Crippen LogP) is 7.09. The third kappa shape index (κ3) is 4.97. The molecule has 0 saturated carbocycles. The number of benzene rings is 3. The van der Waals surface area contributed by atoms with E-state index in [-0.39, 0.29) is 0 Å². The summed E-state index contributed by atoms with van der Waals surface area (Å²) in [5.74, 6) is 0. The normalized spacial score (nSPS) is 13.2. The van der Waals surface area contributed by atoms with Gasteiger partial charge in [0.2, 0.25) is 0 Å². The van der Waals surface area contributed by atoms with E-state index in [9.17, 15) is 21.6 Å². The lowest BCUT2D eigenvalue weighted by Gasteiger charge is -2.39. The average molecular weight is 469 g/mol. The first kappa shape index (κ1) is 23.4. The van der Waals surface area contributed by atoms with Crippen molar-refractivity contribution in [3.63, 3.8) is 0 Å². The Morgan fingerprint density at radius 2 is 1.19 bits per heavy atom. The quantitative estimate of drug-likeness (QED) is 0.331. The lowest BCUT2D eigenvalue weighted by atomic mass is 10.1. The topological polar surface area (TPSA) is 43.4 Å². The molecule has 0 atom stereocenters. The molecule has 0 saturated heterocycles. The molecule has 0 spiro atoms. The van der Waals surface area contributed by atoms with E-state index >= 15 is 0 Å². The van der Waals surface area contributed by atoms with Crippen molar-refractivity contribution in [2.24, 2.45) is 0 Å². The lowest BCUT2D eigenvalue weighted by Crippen LogP contribution is -2.27. The third-order valence-electron chi connectivity index (χ3n) is 4.70. The molecule has 0 heterocycles. The number of unbranched alkanes of at least 4 members (excludes halogenated alkanes) is 1.